The number of nitriles is 1. The van der Waals surface area contributed by atoms with Crippen LogP contribution in [0.5, 0.6) is 0 Å². The summed E-state index contributed by atoms with van der Waals surface area (Å²) in [6, 6.07) is 21.0. The average Bonchev–Trinajstić information content (AvgIpc) is 2.89. The number of nitro benzene ring substituents is 1. The van der Waals surface area contributed by atoms with Gasteiger partial charge < -0.3 is 16.0 Å². The second kappa shape index (κ2) is 11.3. The van der Waals surface area contributed by atoms with Crippen LogP contribution in [0.1, 0.15) is 45.7 Å². The van der Waals surface area contributed by atoms with E-state index in [-0.39, 0.29) is 22.9 Å². The summed E-state index contributed by atoms with van der Waals surface area (Å²) >= 11 is 0. The van der Waals surface area contributed by atoms with Crippen LogP contribution in [0.25, 0.3) is 0 Å². The summed E-state index contributed by atoms with van der Waals surface area (Å²) in [7, 11) is 0. The Morgan fingerprint density at radius 3 is 2.11 bits per heavy atom. The van der Waals surface area contributed by atoms with E-state index in [1.54, 1.807) is 41.3 Å². The van der Waals surface area contributed by atoms with Gasteiger partial charge in [0.25, 0.3) is 17.5 Å². The van der Waals surface area contributed by atoms with E-state index in [9.17, 15) is 19.7 Å². The van der Waals surface area contributed by atoms with Crippen molar-refractivity contribution in [3.8, 4) is 6.07 Å². The number of nitro groups is 1. The van der Waals surface area contributed by atoms with Crippen molar-refractivity contribution in [3.63, 3.8) is 0 Å². The molecule has 0 aliphatic carbocycles. The first-order valence-electron chi connectivity index (χ1n) is 11.3. The molecule has 0 aromatic heterocycles. The Morgan fingerprint density at radius 2 is 1.58 bits per heavy atom. The van der Waals surface area contributed by atoms with Crippen LogP contribution >= 0.6 is 0 Å². The molecule has 9 nitrogen and oxygen atoms in total. The summed E-state index contributed by atoms with van der Waals surface area (Å²) in [5.74, 6) is -0.559. The number of non-ortho nitro benzene ring substituents is 1. The van der Waals surface area contributed by atoms with Crippen molar-refractivity contribution < 1.29 is 14.5 Å². The Hall–Kier alpha value is -4.55. The van der Waals surface area contributed by atoms with E-state index in [4.69, 9.17) is 11.0 Å². The lowest BCUT2D eigenvalue weighted by atomic mass is 9.92. The molecule has 3 N–H and O–H groups in total. The van der Waals surface area contributed by atoms with Crippen molar-refractivity contribution in [2.75, 3.05) is 18.4 Å². The molecule has 0 spiro atoms. The summed E-state index contributed by atoms with van der Waals surface area (Å²) in [5, 5.41) is 22.6. The normalized spacial score (nSPS) is 10.8. The van der Waals surface area contributed by atoms with Crippen molar-refractivity contribution in [1.29, 1.82) is 5.26 Å². The van der Waals surface area contributed by atoms with Crippen LogP contribution < -0.4 is 11.1 Å². The van der Waals surface area contributed by atoms with Gasteiger partial charge in [0.15, 0.2) is 0 Å². The number of hydrogen-bond donors (Lipinski definition) is 2. The number of benzene rings is 3. The van der Waals surface area contributed by atoms with Crippen LogP contribution in [0.15, 0.2) is 72.8 Å². The zero-order valence-electron chi connectivity index (χ0n) is 20.1. The zero-order valence-corrected chi connectivity index (χ0v) is 20.1. The highest BCUT2D eigenvalue weighted by Gasteiger charge is 2.25. The SMILES string of the molecule is CC(C)(CN)CN(Cc1ccc(NC(=O)c2ccc([N+](=O)[O-])cc2)cc1)C(=O)c1ccc(C#N)cc1. The van der Waals surface area contributed by atoms with Crippen LogP contribution in [0.3, 0.4) is 0 Å². The molecule has 0 aliphatic heterocycles. The predicted octanol–water partition coefficient (Wildman–Crippen LogP) is 4.35. The van der Waals surface area contributed by atoms with Gasteiger partial charge in [-0.25, -0.2) is 0 Å². The molecule has 0 saturated carbocycles. The first-order chi connectivity index (χ1) is 17.1. The van der Waals surface area contributed by atoms with E-state index in [1.165, 1.54) is 24.3 Å². The van der Waals surface area contributed by atoms with E-state index in [2.05, 4.69) is 5.32 Å². The molecule has 2 amide bonds. The van der Waals surface area contributed by atoms with Crippen molar-refractivity contribution in [2.24, 2.45) is 11.1 Å². The van der Waals surface area contributed by atoms with Crippen LogP contribution in [0, 0.1) is 26.9 Å². The Kier molecular flexibility index (Phi) is 8.14. The lowest BCUT2D eigenvalue weighted by Crippen LogP contribution is -2.41. The molecule has 0 heterocycles. The van der Waals surface area contributed by atoms with Crippen molar-refractivity contribution >= 4 is 23.2 Å². The number of hydrogen-bond acceptors (Lipinski definition) is 6. The lowest BCUT2D eigenvalue weighted by molar-refractivity contribution is -0.384. The molecule has 0 unspecified atom stereocenters. The second-order valence-corrected chi connectivity index (χ2v) is 9.17. The monoisotopic (exact) mass is 485 g/mol. The number of carbonyl (C=O) groups excluding carboxylic acids is 2. The number of nitrogens with zero attached hydrogens (tertiary/aromatic N) is 3. The number of nitrogens with two attached hydrogens (primary N) is 1. The van der Waals surface area contributed by atoms with Gasteiger partial charge in [-0.1, -0.05) is 26.0 Å². The predicted molar refractivity (Wildman–Crippen MR) is 136 cm³/mol. The highest BCUT2D eigenvalue weighted by atomic mass is 16.6. The molecule has 0 fully saturated rings. The standard InChI is InChI=1S/C27H27N5O4/c1-27(2,17-29)18-31(26(34)22-7-3-19(15-28)4-8-22)16-20-5-11-23(12-6-20)30-25(33)21-9-13-24(14-10-21)32(35)36/h3-14H,16-18,29H2,1-2H3,(H,30,33). The third kappa shape index (κ3) is 6.74. The Morgan fingerprint density at radius 1 is 1.00 bits per heavy atom. The minimum atomic E-state index is -0.523. The summed E-state index contributed by atoms with van der Waals surface area (Å²) in [4.78, 5) is 37.7. The van der Waals surface area contributed by atoms with Gasteiger partial charge in [0.2, 0.25) is 0 Å². The molecule has 0 saturated heterocycles. The molecule has 36 heavy (non-hydrogen) atoms. The summed E-state index contributed by atoms with van der Waals surface area (Å²) < 4.78 is 0. The maximum atomic E-state index is 13.3. The van der Waals surface area contributed by atoms with Crippen molar-refractivity contribution in [3.05, 3.63) is 105 Å². The smallest absolute Gasteiger partial charge is 0.269 e. The summed E-state index contributed by atoms with van der Waals surface area (Å²) in [5.41, 5.74) is 8.19. The third-order valence-electron chi connectivity index (χ3n) is 5.65. The summed E-state index contributed by atoms with van der Waals surface area (Å²) in [6.45, 7) is 5.14. The average molecular weight is 486 g/mol. The van der Waals surface area contributed by atoms with E-state index < -0.39 is 4.92 Å². The lowest BCUT2D eigenvalue weighted by Gasteiger charge is -2.32. The molecule has 0 aliphatic rings. The largest absolute Gasteiger partial charge is 0.334 e. The number of nitrogens with one attached hydrogen (secondary N) is 1. The van der Waals surface area contributed by atoms with Gasteiger partial charge >= 0.3 is 0 Å². The Labute approximate surface area is 209 Å². The van der Waals surface area contributed by atoms with Crippen LogP contribution in [0.2, 0.25) is 0 Å². The second-order valence-electron chi connectivity index (χ2n) is 9.17. The molecule has 0 radical (unpaired) electrons. The van der Waals surface area contributed by atoms with E-state index in [0.29, 0.717) is 42.0 Å². The van der Waals surface area contributed by atoms with Crippen molar-refractivity contribution in [1.82, 2.24) is 4.90 Å². The first kappa shape index (κ1) is 26.1. The highest BCUT2D eigenvalue weighted by molar-refractivity contribution is 6.04. The van der Waals surface area contributed by atoms with Gasteiger partial charge in [-0.05, 0) is 66.1 Å². The quantitative estimate of drug-likeness (QED) is 0.341. The van der Waals surface area contributed by atoms with Gasteiger partial charge in [0, 0.05) is 42.0 Å². The van der Waals surface area contributed by atoms with Gasteiger partial charge in [0.1, 0.15) is 0 Å². The van der Waals surface area contributed by atoms with E-state index in [0.717, 1.165) is 5.56 Å². The van der Waals surface area contributed by atoms with Gasteiger partial charge in [-0.15, -0.1) is 0 Å². The molecule has 3 rings (SSSR count). The maximum Gasteiger partial charge on any atom is 0.269 e. The molecular formula is C27H27N5O4. The fourth-order valence-electron chi connectivity index (χ4n) is 3.50. The summed E-state index contributed by atoms with van der Waals surface area (Å²) in [6.07, 6.45) is 0. The number of anilines is 1. The van der Waals surface area contributed by atoms with Gasteiger partial charge in [-0.3, -0.25) is 19.7 Å². The van der Waals surface area contributed by atoms with E-state index in [1.807, 2.05) is 32.0 Å². The van der Waals surface area contributed by atoms with Crippen molar-refractivity contribution in [2.45, 2.75) is 20.4 Å². The molecule has 3 aromatic carbocycles. The molecule has 9 heteroatoms. The molecule has 0 atom stereocenters. The molecular weight excluding hydrogens is 458 g/mol. The number of carbonyl (C=O) groups is 2. The fraction of sp³-hybridized carbons (Fsp3) is 0.222. The van der Waals surface area contributed by atoms with Gasteiger partial charge in [-0.2, -0.15) is 5.26 Å². The maximum absolute atomic E-state index is 13.3. The van der Waals surface area contributed by atoms with Gasteiger partial charge in [0.05, 0.1) is 16.6 Å². The topological polar surface area (TPSA) is 142 Å². The Bertz CT molecular complexity index is 1280. The molecule has 0 bridgehead atoms. The first-order valence-corrected chi connectivity index (χ1v) is 11.3. The molecule has 3 aromatic rings. The van der Waals surface area contributed by atoms with Crippen LogP contribution in [-0.2, 0) is 6.54 Å². The van der Waals surface area contributed by atoms with Crippen LogP contribution in [0.4, 0.5) is 11.4 Å². The minimum Gasteiger partial charge on any atom is -0.334 e. The van der Waals surface area contributed by atoms with E-state index >= 15 is 0 Å². The molecule has 184 valence electrons. The zero-order chi connectivity index (χ0) is 26.3. The fourth-order valence-corrected chi connectivity index (χ4v) is 3.50. The third-order valence-corrected chi connectivity index (χ3v) is 5.65. The number of rotatable bonds is 9. The minimum absolute atomic E-state index is 0.0891. The Balaban J connectivity index is 1.73. The number of amides is 2. The van der Waals surface area contributed by atoms with Crippen LogP contribution in [-0.4, -0.2) is 34.7 Å². The highest BCUT2D eigenvalue weighted by Crippen LogP contribution is 2.21.